The monoisotopic (exact) mass is 549 g/mol. The van der Waals surface area contributed by atoms with Crippen LogP contribution in [-0.4, -0.2) is 28.2 Å². The first kappa shape index (κ1) is 26.1. The number of rotatable bonds is 6. The molecule has 11 heteroatoms. The summed E-state index contributed by atoms with van der Waals surface area (Å²) in [6.07, 6.45) is -1.46. The lowest BCUT2D eigenvalue weighted by Gasteiger charge is -2.10. The van der Waals surface area contributed by atoms with Crippen molar-refractivity contribution in [1.82, 2.24) is 14.3 Å². The Hall–Kier alpha value is -4.51. The number of halogens is 3. The van der Waals surface area contributed by atoms with Crippen LogP contribution in [0.25, 0.3) is 27.5 Å². The fraction of sp³-hybridized carbons (Fsp3) is 0.107. The number of urea groups is 1. The van der Waals surface area contributed by atoms with Gasteiger partial charge in [-0.2, -0.15) is 0 Å². The van der Waals surface area contributed by atoms with Gasteiger partial charge in [-0.25, -0.2) is 14.2 Å². The Bertz CT molecular complexity index is 1700. The summed E-state index contributed by atoms with van der Waals surface area (Å²) >= 11 is 0.919. The van der Waals surface area contributed by atoms with Crippen LogP contribution >= 0.6 is 12.1 Å². The molecule has 5 rings (SSSR count). The molecular formula is C28H22F3N5O2S. The standard InChI is InChI=1S/C28H22F3N5O2S/c1-17-3-4-18(2)24(13-17)34-27(37)35-39-33-15-19-5-11-23-20(14-19)6-12-25-26(23)32-16-36(25)21-7-9-22(10-8-21)38-28(29,30)31/h3-16H,1-2H3,(H2,34,35,37). The molecular weight excluding hydrogens is 527 g/mol. The van der Waals surface area contributed by atoms with Crippen molar-refractivity contribution in [3.8, 4) is 11.4 Å². The lowest BCUT2D eigenvalue weighted by Crippen LogP contribution is -2.22. The van der Waals surface area contributed by atoms with Crippen LogP contribution in [0.3, 0.4) is 0 Å². The summed E-state index contributed by atoms with van der Waals surface area (Å²) in [6, 6.07) is 20.7. The summed E-state index contributed by atoms with van der Waals surface area (Å²) in [7, 11) is 0. The zero-order valence-corrected chi connectivity index (χ0v) is 21.6. The van der Waals surface area contributed by atoms with Crippen molar-refractivity contribution in [3.63, 3.8) is 0 Å². The first-order valence-electron chi connectivity index (χ1n) is 11.8. The molecule has 0 fully saturated rings. The van der Waals surface area contributed by atoms with Crippen LogP contribution in [-0.2, 0) is 0 Å². The van der Waals surface area contributed by atoms with Gasteiger partial charge in [0, 0.05) is 23.0 Å². The molecule has 0 aliphatic heterocycles. The van der Waals surface area contributed by atoms with Gasteiger partial charge in [-0.05, 0) is 78.4 Å². The molecule has 0 aliphatic rings. The van der Waals surface area contributed by atoms with Gasteiger partial charge in [0.05, 0.1) is 23.2 Å². The van der Waals surface area contributed by atoms with E-state index in [1.165, 1.54) is 12.1 Å². The third-order valence-electron chi connectivity index (χ3n) is 5.94. The summed E-state index contributed by atoms with van der Waals surface area (Å²) in [6.45, 7) is 3.88. The molecule has 0 spiro atoms. The number of alkyl halides is 3. The summed E-state index contributed by atoms with van der Waals surface area (Å²) in [5.74, 6) is -0.286. The van der Waals surface area contributed by atoms with E-state index in [1.807, 2.05) is 62.4 Å². The fourth-order valence-electron chi connectivity index (χ4n) is 4.10. The number of carbonyl (C=O) groups is 1. The Balaban J connectivity index is 1.27. The summed E-state index contributed by atoms with van der Waals surface area (Å²) in [5.41, 5.74) is 5.82. The maximum absolute atomic E-state index is 12.4. The minimum absolute atomic E-state index is 0.286. The molecule has 0 saturated carbocycles. The van der Waals surface area contributed by atoms with Gasteiger partial charge >= 0.3 is 12.4 Å². The number of imidazole rings is 1. The van der Waals surface area contributed by atoms with Crippen LogP contribution in [0, 0.1) is 13.8 Å². The van der Waals surface area contributed by atoms with E-state index in [-0.39, 0.29) is 11.8 Å². The van der Waals surface area contributed by atoms with E-state index >= 15 is 0 Å². The predicted octanol–water partition coefficient (Wildman–Crippen LogP) is 7.50. The average Bonchev–Trinajstić information content (AvgIpc) is 3.33. The number of carbonyl (C=O) groups excluding carboxylic acids is 1. The molecule has 1 aromatic heterocycles. The number of anilines is 1. The van der Waals surface area contributed by atoms with Crippen molar-refractivity contribution in [2.45, 2.75) is 20.2 Å². The second-order valence-corrected chi connectivity index (χ2v) is 9.37. The van der Waals surface area contributed by atoms with E-state index in [0.717, 1.165) is 56.3 Å². The highest BCUT2D eigenvalue weighted by Crippen LogP contribution is 2.29. The predicted molar refractivity (Wildman–Crippen MR) is 149 cm³/mol. The number of ether oxygens (including phenoxy) is 1. The number of hydrogen-bond donors (Lipinski definition) is 2. The fourth-order valence-corrected chi connectivity index (χ4v) is 4.46. The molecule has 2 amide bonds. The van der Waals surface area contributed by atoms with Crippen LogP contribution in [0.1, 0.15) is 16.7 Å². The zero-order chi connectivity index (χ0) is 27.6. The van der Waals surface area contributed by atoms with E-state index in [0.29, 0.717) is 5.69 Å². The Morgan fingerprint density at radius 3 is 2.59 bits per heavy atom. The molecule has 5 aromatic rings. The number of nitrogens with zero attached hydrogens (tertiary/aromatic N) is 3. The Morgan fingerprint density at radius 2 is 1.82 bits per heavy atom. The highest BCUT2D eigenvalue weighted by Gasteiger charge is 2.31. The topological polar surface area (TPSA) is 80.5 Å². The molecule has 7 nitrogen and oxygen atoms in total. The molecule has 0 unspecified atom stereocenters. The molecule has 39 heavy (non-hydrogen) atoms. The van der Waals surface area contributed by atoms with E-state index in [4.69, 9.17) is 0 Å². The number of hydrogen-bond acceptors (Lipinski definition) is 5. The van der Waals surface area contributed by atoms with E-state index in [9.17, 15) is 18.0 Å². The number of amides is 2. The molecule has 0 bridgehead atoms. The number of fused-ring (bicyclic) bond motifs is 3. The third-order valence-corrected chi connectivity index (χ3v) is 6.43. The number of nitrogens with one attached hydrogen (secondary N) is 2. The van der Waals surface area contributed by atoms with Crippen molar-refractivity contribution in [1.29, 1.82) is 0 Å². The Morgan fingerprint density at radius 1 is 1.03 bits per heavy atom. The van der Waals surface area contributed by atoms with E-state index in [1.54, 1.807) is 29.2 Å². The summed E-state index contributed by atoms with van der Waals surface area (Å²) in [4.78, 5) is 16.7. The van der Waals surface area contributed by atoms with Gasteiger partial charge in [-0.15, -0.1) is 13.2 Å². The van der Waals surface area contributed by atoms with E-state index < -0.39 is 6.36 Å². The van der Waals surface area contributed by atoms with Crippen LogP contribution in [0.15, 0.2) is 83.5 Å². The van der Waals surface area contributed by atoms with Gasteiger partial charge in [0.15, 0.2) is 0 Å². The first-order valence-corrected chi connectivity index (χ1v) is 12.5. The van der Waals surface area contributed by atoms with Gasteiger partial charge in [-0.1, -0.05) is 30.3 Å². The van der Waals surface area contributed by atoms with Crippen molar-refractivity contribution >= 4 is 51.9 Å². The maximum Gasteiger partial charge on any atom is 0.573 e. The van der Waals surface area contributed by atoms with Crippen molar-refractivity contribution < 1.29 is 22.7 Å². The molecule has 0 saturated heterocycles. The number of aromatic nitrogens is 2. The highest BCUT2D eigenvalue weighted by molar-refractivity contribution is 7.96. The van der Waals surface area contributed by atoms with Crippen molar-refractivity contribution in [2.24, 2.45) is 4.40 Å². The van der Waals surface area contributed by atoms with Gasteiger partial charge in [-0.3, -0.25) is 9.29 Å². The van der Waals surface area contributed by atoms with Crippen molar-refractivity contribution in [3.05, 3.63) is 95.8 Å². The molecule has 1 heterocycles. The van der Waals surface area contributed by atoms with Crippen LogP contribution in [0.4, 0.5) is 23.7 Å². The number of benzene rings is 4. The Labute approximate surface area is 226 Å². The number of aryl methyl sites for hydroxylation is 2. The van der Waals surface area contributed by atoms with Crippen LogP contribution in [0.2, 0.25) is 0 Å². The van der Waals surface area contributed by atoms with Gasteiger partial charge in [0.1, 0.15) is 12.1 Å². The van der Waals surface area contributed by atoms with Gasteiger partial charge in [0.25, 0.3) is 0 Å². The molecule has 0 atom stereocenters. The second-order valence-electron chi connectivity index (χ2n) is 8.77. The lowest BCUT2D eigenvalue weighted by molar-refractivity contribution is -0.274. The lowest BCUT2D eigenvalue weighted by atomic mass is 10.1. The molecule has 2 N–H and O–H groups in total. The van der Waals surface area contributed by atoms with Crippen LogP contribution in [0.5, 0.6) is 5.75 Å². The minimum atomic E-state index is -4.74. The average molecular weight is 550 g/mol. The SMILES string of the molecule is Cc1ccc(C)c(NC(=O)NSN=Cc2ccc3c(ccc4c3ncn4-c3ccc(OC(F)(F)F)cc3)c2)c1. The second kappa shape index (κ2) is 10.7. The van der Waals surface area contributed by atoms with Gasteiger partial charge < -0.3 is 10.1 Å². The normalized spacial score (nSPS) is 11.8. The first-order chi connectivity index (χ1) is 18.7. The molecule has 4 aromatic carbocycles. The highest BCUT2D eigenvalue weighted by atomic mass is 32.2. The minimum Gasteiger partial charge on any atom is -0.406 e. The Kier molecular flexibility index (Phi) is 7.16. The smallest absolute Gasteiger partial charge is 0.406 e. The summed E-state index contributed by atoms with van der Waals surface area (Å²) < 4.78 is 50.0. The van der Waals surface area contributed by atoms with Crippen LogP contribution < -0.4 is 14.8 Å². The van der Waals surface area contributed by atoms with E-state index in [2.05, 4.69) is 24.2 Å². The van der Waals surface area contributed by atoms with Gasteiger partial charge in [0.2, 0.25) is 0 Å². The zero-order valence-electron chi connectivity index (χ0n) is 20.8. The maximum atomic E-state index is 12.4. The summed E-state index contributed by atoms with van der Waals surface area (Å²) in [5, 5.41) is 4.67. The molecule has 0 radical (unpaired) electrons. The van der Waals surface area contributed by atoms with Crippen molar-refractivity contribution in [2.75, 3.05) is 5.32 Å². The quantitative estimate of drug-likeness (QED) is 0.170. The third kappa shape index (κ3) is 6.15. The molecule has 0 aliphatic carbocycles. The largest absolute Gasteiger partial charge is 0.573 e. The molecule has 198 valence electrons.